The highest BCUT2D eigenvalue weighted by molar-refractivity contribution is 6.33. The zero-order valence-electron chi connectivity index (χ0n) is 18.0. The van der Waals surface area contributed by atoms with Crippen LogP contribution in [-0.2, 0) is 20.8 Å². The molecule has 3 fully saturated rings. The Kier molecular flexibility index (Phi) is 5.21. The van der Waals surface area contributed by atoms with Crippen LogP contribution >= 0.6 is 11.6 Å². The molecule has 30 heavy (non-hydrogen) atoms. The van der Waals surface area contributed by atoms with Crippen molar-refractivity contribution in [3.8, 4) is 11.3 Å². The van der Waals surface area contributed by atoms with Crippen LogP contribution in [0.5, 0.6) is 0 Å². The number of ether oxygens (including phenoxy) is 3. The topological polar surface area (TPSA) is 53.7 Å². The molecule has 3 aliphatic rings. The minimum atomic E-state index is -0.417. The van der Waals surface area contributed by atoms with Crippen LogP contribution in [0.15, 0.2) is 22.7 Å². The van der Waals surface area contributed by atoms with Gasteiger partial charge >= 0.3 is 0 Å². The van der Waals surface area contributed by atoms with Gasteiger partial charge in [0.2, 0.25) is 0 Å². The summed E-state index contributed by atoms with van der Waals surface area (Å²) in [5, 5.41) is 5.14. The van der Waals surface area contributed by atoms with Crippen LogP contribution in [0.2, 0.25) is 5.02 Å². The van der Waals surface area contributed by atoms with Crippen LogP contribution in [0.25, 0.3) is 11.3 Å². The standard InChI is InChI=1S/C24H30ClNO4/c1-15-5-4-6-18(25)20(15)21-17(22(30-26-21)16-7-8-16)13-27-19-9-10-24(14-23(19,2)3)28-11-12-29-24/h4-6,16,19H,7-14H2,1-3H3. The lowest BCUT2D eigenvalue weighted by Gasteiger charge is -2.46. The lowest BCUT2D eigenvalue weighted by Crippen LogP contribution is -2.48. The summed E-state index contributed by atoms with van der Waals surface area (Å²) in [7, 11) is 0. The van der Waals surface area contributed by atoms with Gasteiger partial charge in [-0.1, -0.05) is 42.7 Å². The van der Waals surface area contributed by atoms with Gasteiger partial charge in [0.1, 0.15) is 11.5 Å². The maximum absolute atomic E-state index is 6.55. The Morgan fingerprint density at radius 1 is 1.17 bits per heavy atom. The SMILES string of the molecule is Cc1cccc(Cl)c1-c1noc(C2CC2)c1COC1CCC2(CC1(C)C)OCCO2. The van der Waals surface area contributed by atoms with Gasteiger partial charge < -0.3 is 18.7 Å². The van der Waals surface area contributed by atoms with Crippen molar-refractivity contribution in [2.45, 2.75) is 77.3 Å². The molecule has 0 radical (unpaired) electrons. The van der Waals surface area contributed by atoms with Gasteiger partial charge in [-0.3, -0.25) is 0 Å². The van der Waals surface area contributed by atoms with Crippen LogP contribution in [0.3, 0.4) is 0 Å². The largest absolute Gasteiger partial charge is 0.373 e. The lowest BCUT2D eigenvalue weighted by atomic mass is 9.72. The minimum Gasteiger partial charge on any atom is -0.373 e. The molecule has 1 aromatic carbocycles. The van der Waals surface area contributed by atoms with E-state index in [1.165, 1.54) is 0 Å². The highest BCUT2D eigenvalue weighted by atomic mass is 35.5. The number of nitrogens with zero attached hydrogens (tertiary/aromatic N) is 1. The third-order valence-electron chi connectivity index (χ3n) is 6.85. The molecule has 2 aromatic rings. The van der Waals surface area contributed by atoms with E-state index in [2.05, 4.69) is 32.0 Å². The van der Waals surface area contributed by atoms with Gasteiger partial charge in [0.05, 0.1) is 30.9 Å². The summed E-state index contributed by atoms with van der Waals surface area (Å²) < 4.78 is 24.3. The van der Waals surface area contributed by atoms with E-state index in [0.717, 1.165) is 60.2 Å². The first kappa shape index (κ1) is 20.5. The molecule has 1 unspecified atom stereocenters. The Labute approximate surface area is 183 Å². The molecule has 1 aliphatic heterocycles. The summed E-state index contributed by atoms with van der Waals surface area (Å²) in [5.74, 6) is 1.01. The molecule has 0 amide bonds. The van der Waals surface area contributed by atoms with E-state index in [4.69, 9.17) is 30.3 Å². The van der Waals surface area contributed by atoms with Crippen LogP contribution < -0.4 is 0 Å². The molecule has 162 valence electrons. The fourth-order valence-corrected chi connectivity index (χ4v) is 5.44. The molecule has 6 heteroatoms. The Bertz CT molecular complexity index is 907. The van der Waals surface area contributed by atoms with Gasteiger partial charge in [-0.15, -0.1) is 0 Å². The van der Waals surface area contributed by atoms with Gasteiger partial charge in [-0.05, 0) is 43.2 Å². The summed E-state index contributed by atoms with van der Waals surface area (Å²) in [4.78, 5) is 0. The molecule has 1 atom stereocenters. The molecule has 0 bridgehead atoms. The van der Waals surface area contributed by atoms with Crippen molar-refractivity contribution in [1.82, 2.24) is 5.16 Å². The second kappa shape index (κ2) is 7.63. The third-order valence-corrected chi connectivity index (χ3v) is 7.17. The molecular weight excluding hydrogens is 402 g/mol. The zero-order chi connectivity index (χ0) is 20.9. The maximum atomic E-state index is 6.55. The van der Waals surface area contributed by atoms with Crippen LogP contribution in [0, 0.1) is 12.3 Å². The van der Waals surface area contributed by atoms with Crippen molar-refractivity contribution in [3.05, 3.63) is 40.1 Å². The van der Waals surface area contributed by atoms with Crippen LogP contribution in [0.1, 0.15) is 68.8 Å². The molecule has 5 nitrogen and oxygen atoms in total. The number of halogens is 1. The molecule has 1 saturated heterocycles. The third kappa shape index (κ3) is 3.70. The Balaban J connectivity index is 1.39. The van der Waals surface area contributed by atoms with E-state index < -0.39 is 5.79 Å². The summed E-state index contributed by atoms with van der Waals surface area (Å²) in [6.07, 6.45) is 5.05. The van der Waals surface area contributed by atoms with Crippen LogP contribution in [0.4, 0.5) is 0 Å². The van der Waals surface area contributed by atoms with Crippen molar-refractivity contribution in [3.63, 3.8) is 0 Å². The summed E-state index contributed by atoms with van der Waals surface area (Å²) in [6.45, 7) is 8.41. The lowest BCUT2D eigenvalue weighted by molar-refractivity contribution is -0.225. The van der Waals surface area contributed by atoms with E-state index in [1.807, 2.05) is 12.1 Å². The second-order valence-corrected chi connectivity index (χ2v) is 10.1. The second-order valence-electron chi connectivity index (χ2n) is 9.69. The molecule has 5 rings (SSSR count). The molecule has 2 saturated carbocycles. The quantitative estimate of drug-likeness (QED) is 0.579. The van der Waals surface area contributed by atoms with Gasteiger partial charge in [0.25, 0.3) is 0 Å². The Hall–Kier alpha value is -1.40. The number of aryl methyl sites for hydroxylation is 1. The molecule has 2 aliphatic carbocycles. The first-order chi connectivity index (χ1) is 14.4. The summed E-state index contributed by atoms with van der Waals surface area (Å²) in [5.41, 5.74) is 3.88. The van der Waals surface area contributed by atoms with E-state index in [-0.39, 0.29) is 11.5 Å². The maximum Gasteiger partial charge on any atom is 0.169 e. The van der Waals surface area contributed by atoms with Crippen molar-refractivity contribution >= 4 is 11.6 Å². The predicted octanol–water partition coefficient (Wildman–Crippen LogP) is 6.02. The molecule has 2 heterocycles. The zero-order valence-corrected chi connectivity index (χ0v) is 18.8. The first-order valence-electron chi connectivity index (χ1n) is 11.0. The van der Waals surface area contributed by atoms with E-state index in [1.54, 1.807) is 0 Å². The normalized spacial score (nSPS) is 25.1. The Morgan fingerprint density at radius 2 is 1.93 bits per heavy atom. The fourth-order valence-electron chi connectivity index (χ4n) is 5.13. The van der Waals surface area contributed by atoms with Gasteiger partial charge in [0, 0.05) is 29.9 Å². The van der Waals surface area contributed by atoms with Crippen molar-refractivity contribution in [2.75, 3.05) is 13.2 Å². The predicted molar refractivity (Wildman–Crippen MR) is 115 cm³/mol. The number of rotatable bonds is 5. The van der Waals surface area contributed by atoms with Crippen molar-refractivity contribution in [1.29, 1.82) is 0 Å². The molecular formula is C24H30ClNO4. The van der Waals surface area contributed by atoms with Gasteiger partial charge in [-0.2, -0.15) is 0 Å². The highest BCUT2D eigenvalue weighted by Gasteiger charge is 2.49. The Morgan fingerprint density at radius 3 is 2.60 bits per heavy atom. The monoisotopic (exact) mass is 431 g/mol. The average molecular weight is 432 g/mol. The smallest absolute Gasteiger partial charge is 0.169 e. The van der Waals surface area contributed by atoms with Crippen molar-refractivity contribution < 1.29 is 18.7 Å². The number of benzene rings is 1. The van der Waals surface area contributed by atoms with Gasteiger partial charge in [-0.25, -0.2) is 0 Å². The van der Waals surface area contributed by atoms with Gasteiger partial charge in [0.15, 0.2) is 5.79 Å². The highest BCUT2D eigenvalue weighted by Crippen LogP contribution is 2.48. The average Bonchev–Trinajstić information content (AvgIpc) is 3.31. The number of hydrogen-bond donors (Lipinski definition) is 0. The van der Waals surface area contributed by atoms with E-state index >= 15 is 0 Å². The fraction of sp³-hybridized carbons (Fsp3) is 0.625. The number of aromatic nitrogens is 1. The first-order valence-corrected chi connectivity index (χ1v) is 11.4. The molecule has 1 aromatic heterocycles. The van der Waals surface area contributed by atoms with Crippen LogP contribution in [-0.4, -0.2) is 30.3 Å². The number of hydrogen-bond acceptors (Lipinski definition) is 5. The summed E-state index contributed by atoms with van der Waals surface area (Å²) >= 11 is 6.55. The minimum absolute atomic E-state index is 0.0417. The van der Waals surface area contributed by atoms with E-state index in [9.17, 15) is 0 Å². The molecule has 0 N–H and O–H groups in total. The summed E-state index contributed by atoms with van der Waals surface area (Å²) in [6, 6.07) is 5.93. The molecule has 1 spiro atoms. The van der Waals surface area contributed by atoms with Crippen molar-refractivity contribution in [2.24, 2.45) is 5.41 Å². The van der Waals surface area contributed by atoms with E-state index in [0.29, 0.717) is 30.8 Å².